The number of methoxy groups -OCH3 is 1. The van der Waals surface area contributed by atoms with E-state index in [1.165, 1.54) is 16.2 Å². The maximum atomic E-state index is 13.2. The number of carbonyl (C=O) groups excluding carboxylic acids is 3. The predicted octanol–water partition coefficient (Wildman–Crippen LogP) is 3.66. The molecule has 0 bridgehead atoms. The smallest absolute Gasteiger partial charge is 0.255 e. The fourth-order valence-corrected chi connectivity index (χ4v) is 7.15. The van der Waals surface area contributed by atoms with Gasteiger partial charge in [-0.1, -0.05) is 18.3 Å². The van der Waals surface area contributed by atoms with Gasteiger partial charge in [-0.3, -0.25) is 19.7 Å². The van der Waals surface area contributed by atoms with Gasteiger partial charge in [0.25, 0.3) is 5.91 Å². The van der Waals surface area contributed by atoms with Crippen LogP contribution >= 0.6 is 0 Å². The van der Waals surface area contributed by atoms with Gasteiger partial charge >= 0.3 is 0 Å². The molecule has 2 aromatic rings. The van der Waals surface area contributed by atoms with Crippen LogP contribution in [-0.4, -0.2) is 98.4 Å². The quantitative estimate of drug-likeness (QED) is 0.151. The van der Waals surface area contributed by atoms with E-state index in [9.17, 15) is 19.6 Å². The summed E-state index contributed by atoms with van der Waals surface area (Å²) in [6.45, 7) is 7.50. The summed E-state index contributed by atoms with van der Waals surface area (Å²) in [7, 11) is 6.10. The number of nitrogens with one attached hydrogen (secondary N) is 1. The molecule has 1 unspecified atom stereocenters. The van der Waals surface area contributed by atoms with Crippen molar-refractivity contribution in [2.45, 2.75) is 76.9 Å². The topological polar surface area (TPSA) is 135 Å². The number of rotatable bonds is 12. The summed E-state index contributed by atoms with van der Waals surface area (Å²) in [5.74, 6) is 6.12. The zero-order valence-electron chi connectivity index (χ0n) is 29.3. The van der Waals surface area contributed by atoms with E-state index in [2.05, 4.69) is 65.0 Å². The Hall–Kier alpha value is -4.58. The molecular formula is C38H49N7O4. The van der Waals surface area contributed by atoms with Crippen LogP contribution in [0.3, 0.4) is 0 Å². The molecule has 0 radical (unpaired) electrons. The number of nitrogen functional groups attached to an aromatic ring is 1. The number of hydrogen-bond acceptors (Lipinski definition) is 9. The van der Waals surface area contributed by atoms with Crippen molar-refractivity contribution >= 4 is 29.1 Å². The van der Waals surface area contributed by atoms with Gasteiger partial charge in [0.1, 0.15) is 11.8 Å². The van der Waals surface area contributed by atoms with Crippen LogP contribution in [0.15, 0.2) is 24.3 Å². The second-order valence-electron chi connectivity index (χ2n) is 13.6. The zero-order valence-corrected chi connectivity index (χ0v) is 29.3. The molecule has 3 N–H and O–H groups in total. The lowest BCUT2D eigenvalue weighted by molar-refractivity contribution is -0.136. The summed E-state index contributed by atoms with van der Waals surface area (Å²) in [4.78, 5) is 46.1. The van der Waals surface area contributed by atoms with Gasteiger partial charge in [-0.25, -0.2) is 0 Å². The van der Waals surface area contributed by atoms with Gasteiger partial charge < -0.3 is 30.1 Å². The van der Waals surface area contributed by atoms with Gasteiger partial charge in [-0.05, 0) is 89.0 Å². The van der Waals surface area contributed by atoms with Crippen LogP contribution in [0, 0.1) is 30.1 Å². The summed E-state index contributed by atoms with van der Waals surface area (Å²) >= 11 is 0. The van der Waals surface area contributed by atoms with Crippen molar-refractivity contribution in [2.24, 2.45) is 0 Å². The lowest BCUT2D eigenvalue weighted by Crippen LogP contribution is -2.52. The number of hydrogen-bond donors (Lipinski definition) is 2. The van der Waals surface area contributed by atoms with Crippen LogP contribution in [0.2, 0.25) is 0 Å². The Morgan fingerprint density at radius 1 is 1.02 bits per heavy atom. The highest BCUT2D eigenvalue weighted by Gasteiger charge is 2.40. The molecule has 11 nitrogen and oxygen atoms in total. The Morgan fingerprint density at radius 3 is 2.51 bits per heavy atom. The van der Waals surface area contributed by atoms with Crippen LogP contribution in [0.5, 0.6) is 5.75 Å². The number of anilines is 2. The molecule has 11 heteroatoms. The van der Waals surface area contributed by atoms with Crippen molar-refractivity contribution in [3.63, 3.8) is 0 Å². The van der Waals surface area contributed by atoms with Crippen molar-refractivity contribution in [1.82, 2.24) is 20.0 Å². The fraction of sp³-hybridized carbons (Fsp3) is 0.526. The second kappa shape index (κ2) is 16.2. The highest BCUT2D eigenvalue weighted by molar-refractivity contribution is 6.05. The van der Waals surface area contributed by atoms with Gasteiger partial charge in [-0.2, -0.15) is 5.26 Å². The van der Waals surface area contributed by atoms with Crippen molar-refractivity contribution in [1.29, 1.82) is 5.26 Å². The van der Waals surface area contributed by atoms with Gasteiger partial charge in [-0.15, -0.1) is 0 Å². The molecule has 0 spiro atoms. The third-order valence-electron chi connectivity index (χ3n) is 10.2. The van der Waals surface area contributed by atoms with Crippen molar-refractivity contribution in [3.8, 4) is 23.7 Å². The van der Waals surface area contributed by atoms with E-state index in [1.807, 2.05) is 6.07 Å². The molecule has 3 amide bonds. The van der Waals surface area contributed by atoms with Crippen LogP contribution in [0.4, 0.5) is 11.4 Å². The van der Waals surface area contributed by atoms with Crippen LogP contribution in [0.25, 0.3) is 0 Å². The first-order valence-electron chi connectivity index (χ1n) is 17.4. The van der Waals surface area contributed by atoms with Crippen LogP contribution in [-0.2, 0) is 16.1 Å². The Balaban J connectivity index is 1.02. The van der Waals surface area contributed by atoms with E-state index in [4.69, 9.17) is 10.5 Å². The van der Waals surface area contributed by atoms with Gasteiger partial charge in [0.2, 0.25) is 11.8 Å². The Bertz CT molecular complexity index is 1660. The average Bonchev–Trinajstić information content (AvgIpc) is 3.42. The Labute approximate surface area is 290 Å². The fourth-order valence-electron chi connectivity index (χ4n) is 7.15. The van der Waals surface area contributed by atoms with Crippen LogP contribution in [0.1, 0.15) is 84.0 Å². The molecule has 1 atom stereocenters. The van der Waals surface area contributed by atoms with Gasteiger partial charge in [0, 0.05) is 74.5 Å². The first-order valence-corrected chi connectivity index (χ1v) is 17.4. The number of likely N-dealkylation sites (N-methyl/N-ethyl adjacent to an activating group) is 2. The highest BCUT2D eigenvalue weighted by Crippen LogP contribution is 2.33. The van der Waals surface area contributed by atoms with Crippen molar-refractivity contribution in [3.05, 3.63) is 52.1 Å². The summed E-state index contributed by atoms with van der Waals surface area (Å²) in [6.07, 6.45) is 6.62. The molecule has 49 heavy (non-hydrogen) atoms. The molecule has 3 aliphatic rings. The normalized spacial score (nSPS) is 18.0. The third-order valence-corrected chi connectivity index (χ3v) is 10.2. The summed E-state index contributed by atoms with van der Waals surface area (Å²) in [6, 6.07) is 9.38. The average molecular weight is 668 g/mol. The van der Waals surface area contributed by atoms with Crippen molar-refractivity contribution in [2.75, 3.05) is 64.6 Å². The minimum atomic E-state index is -0.698. The molecule has 0 aromatic heterocycles. The number of piperidine rings is 2. The summed E-state index contributed by atoms with van der Waals surface area (Å²) < 4.78 is 5.45. The number of nitrogens with two attached hydrogens (primary N) is 1. The SMILES string of the molecule is COc1cc(N2CCC(N(C)CCN(C)CCCCCC#Cc3cc(C#N)cc4c3CN(C3CCC(=O)NC3=O)C4=O)CC2)c(C)cc1N. The minimum Gasteiger partial charge on any atom is -0.495 e. The summed E-state index contributed by atoms with van der Waals surface area (Å²) in [5.41, 5.74) is 11.4. The second-order valence-corrected chi connectivity index (χ2v) is 13.6. The van der Waals surface area contributed by atoms with E-state index < -0.39 is 11.9 Å². The predicted molar refractivity (Wildman–Crippen MR) is 190 cm³/mol. The molecule has 3 aliphatic heterocycles. The van der Waals surface area contributed by atoms with Gasteiger partial charge in [0.15, 0.2) is 0 Å². The van der Waals surface area contributed by atoms with Crippen molar-refractivity contribution < 1.29 is 19.1 Å². The standard InChI is InChI=1S/C38H49N7O4/c1-26-20-32(40)35(49-4)23-34(26)44-16-13-29(14-17-44)43(3)19-18-42(2)15-9-7-5-6-8-10-28-21-27(24-39)22-30-31(28)25-45(38(30)48)33-11-12-36(46)41-37(33)47/h20-23,29,33H,5-7,9,11-19,25,40H2,1-4H3,(H,41,46,47). The largest absolute Gasteiger partial charge is 0.495 e. The molecule has 0 saturated carbocycles. The number of imide groups is 1. The summed E-state index contributed by atoms with van der Waals surface area (Å²) in [5, 5.41) is 11.9. The first-order chi connectivity index (χ1) is 23.6. The molecular weight excluding hydrogens is 618 g/mol. The number of amides is 3. The monoisotopic (exact) mass is 667 g/mol. The highest BCUT2D eigenvalue weighted by atomic mass is 16.5. The van der Waals surface area contributed by atoms with E-state index in [0.717, 1.165) is 82.6 Å². The molecule has 0 aliphatic carbocycles. The third kappa shape index (κ3) is 8.54. The number of aryl methyl sites for hydroxylation is 1. The molecule has 5 rings (SSSR count). The van der Waals surface area contributed by atoms with E-state index in [-0.39, 0.29) is 24.8 Å². The maximum absolute atomic E-state index is 13.2. The molecule has 2 aromatic carbocycles. The van der Waals surface area contributed by atoms with Gasteiger partial charge in [0.05, 0.1) is 24.4 Å². The molecule has 2 saturated heterocycles. The Morgan fingerprint density at radius 2 is 1.80 bits per heavy atom. The lowest BCUT2D eigenvalue weighted by Gasteiger charge is -2.39. The number of ether oxygens (including phenoxy) is 1. The molecule has 260 valence electrons. The Kier molecular flexibility index (Phi) is 11.8. The number of carbonyl (C=O) groups is 3. The number of nitrogens with zero attached hydrogens (tertiary/aromatic N) is 5. The maximum Gasteiger partial charge on any atom is 0.255 e. The number of benzene rings is 2. The van der Waals surface area contributed by atoms with E-state index >= 15 is 0 Å². The zero-order chi connectivity index (χ0) is 35.1. The van der Waals surface area contributed by atoms with E-state index in [0.29, 0.717) is 34.8 Å². The van der Waals surface area contributed by atoms with E-state index in [1.54, 1.807) is 19.2 Å². The minimum absolute atomic E-state index is 0.197. The first kappa shape index (κ1) is 35.7. The molecule has 2 fully saturated rings. The number of fused-ring (bicyclic) bond motifs is 1. The molecule has 3 heterocycles. The number of nitriles is 1. The number of unbranched alkanes of at least 4 members (excludes halogenated alkanes) is 3. The van der Waals surface area contributed by atoms with Crippen LogP contribution < -0.4 is 20.7 Å². The lowest BCUT2D eigenvalue weighted by atomic mass is 10.00.